The predicted molar refractivity (Wildman–Crippen MR) is 70.6 cm³/mol. The Morgan fingerprint density at radius 2 is 1.74 bits per heavy atom. The predicted octanol–water partition coefficient (Wildman–Crippen LogP) is 1.66. The smallest absolute Gasteiger partial charge is 0.313 e. The molecule has 1 N–H and O–H groups in total. The quantitative estimate of drug-likeness (QED) is 0.510. The number of carbonyl (C=O) groups excluding carboxylic acids is 3. The highest BCUT2D eigenvalue weighted by Crippen LogP contribution is 2.28. The zero-order valence-electron chi connectivity index (χ0n) is 12.2. The van der Waals surface area contributed by atoms with Gasteiger partial charge in [-0.25, -0.2) is 0 Å². The maximum atomic E-state index is 12.1. The summed E-state index contributed by atoms with van der Waals surface area (Å²) >= 11 is 0. The third-order valence-corrected chi connectivity index (χ3v) is 3.34. The molecule has 0 aromatic heterocycles. The number of ketones is 2. The summed E-state index contributed by atoms with van der Waals surface area (Å²) in [7, 11) is 0. The van der Waals surface area contributed by atoms with E-state index in [1.165, 1.54) is 0 Å². The fourth-order valence-corrected chi connectivity index (χ4v) is 2.25. The van der Waals surface area contributed by atoms with E-state index in [0.717, 1.165) is 0 Å². The van der Waals surface area contributed by atoms with Crippen molar-refractivity contribution in [2.75, 3.05) is 6.61 Å². The number of hydrogen-bond acceptors (Lipinski definition) is 5. The topological polar surface area (TPSA) is 80.7 Å². The van der Waals surface area contributed by atoms with Gasteiger partial charge in [-0.3, -0.25) is 14.4 Å². The van der Waals surface area contributed by atoms with Crippen LogP contribution in [0.1, 0.15) is 53.4 Å². The van der Waals surface area contributed by atoms with E-state index in [9.17, 15) is 19.5 Å². The van der Waals surface area contributed by atoms with Crippen molar-refractivity contribution < 1.29 is 24.2 Å². The Balaban J connectivity index is 5.02. The molecule has 5 heteroatoms. The van der Waals surface area contributed by atoms with Gasteiger partial charge in [-0.15, -0.1) is 0 Å². The van der Waals surface area contributed by atoms with Gasteiger partial charge in [0.2, 0.25) is 0 Å². The Hall–Kier alpha value is -1.23. The summed E-state index contributed by atoms with van der Waals surface area (Å²) < 4.78 is 4.71. The highest BCUT2D eigenvalue weighted by atomic mass is 16.5. The first-order chi connectivity index (χ1) is 8.87. The van der Waals surface area contributed by atoms with E-state index in [1.54, 1.807) is 27.7 Å². The molecule has 0 heterocycles. The Morgan fingerprint density at radius 3 is 2.11 bits per heavy atom. The molecule has 0 aromatic carbocycles. The summed E-state index contributed by atoms with van der Waals surface area (Å²) in [6.45, 7) is 6.88. The average Bonchev–Trinajstić information content (AvgIpc) is 2.38. The van der Waals surface area contributed by atoms with E-state index in [-0.39, 0.29) is 25.2 Å². The van der Waals surface area contributed by atoms with Gasteiger partial charge in [0.05, 0.1) is 12.5 Å². The van der Waals surface area contributed by atoms with Gasteiger partial charge in [-0.1, -0.05) is 20.8 Å². The van der Waals surface area contributed by atoms with Crippen LogP contribution in [0.4, 0.5) is 0 Å². The second kappa shape index (κ2) is 8.04. The van der Waals surface area contributed by atoms with Crippen LogP contribution in [0.3, 0.4) is 0 Å². The molecule has 0 aliphatic rings. The van der Waals surface area contributed by atoms with Crippen LogP contribution in [0.15, 0.2) is 0 Å². The largest absolute Gasteiger partial charge is 0.466 e. The summed E-state index contributed by atoms with van der Waals surface area (Å²) in [6, 6.07) is 0. The van der Waals surface area contributed by atoms with Crippen molar-refractivity contribution in [1.82, 2.24) is 0 Å². The summed E-state index contributed by atoms with van der Waals surface area (Å²) in [5, 5.41) is 10.4. The first-order valence-corrected chi connectivity index (χ1v) is 6.81. The summed E-state index contributed by atoms with van der Waals surface area (Å²) in [6.07, 6.45) is 0.236. The van der Waals surface area contributed by atoms with Crippen LogP contribution in [-0.2, 0) is 19.1 Å². The number of esters is 1. The molecule has 0 fully saturated rings. The number of aliphatic hydroxyl groups is 1. The van der Waals surface area contributed by atoms with Gasteiger partial charge in [0.25, 0.3) is 0 Å². The van der Waals surface area contributed by atoms with E-state index in [2.05, 4.69) is 0 Å². The Morgan fingerprint density at radius 1 is 1.16 bits per heavy atom. The third-order valence-electron chi connectivity index (χ3n) is 3.34. The highest BCUT2D eigenvalue weighted by molar-refractivity contribution is 6.01. The highest BCUT2D eigenvalue weighted by Gasteiger charge is 2.44. The Labute approximate surface area is 114 Å². The summed E-state index contributed by atoms with van der Waals surface area (Å²) in [4.78, 5) is 35.3. The van der Waals surface area contributed by atoms with E-state index in [0.29, 0.717) is 6.42 Å². The van der Waals surface area contributed by atoms with E-state index in [4.69, 9.17) is 4.74 Å². The molecule has 2 unspecified atom stereocenters. The number of carbonyl (C=O) groups is 3. The van der Waals surface area contributed by atoms with Crippen LogP contribution in [-0.4, -0.2) is 34.9 Å². The maximum absolute atomic E-state index is 12.1. The Kier molecular flexibility index (Phi) is 7.52. The normalized spacial score (nSPS) is 15.4. The van der Waals surface area contributed by atoms with Gasteiger partial charge < -0.3 is 9.84 Å². The van der Waals surface area contributed by atoms with Crippen molar-refractivity contribution in [3.8, 4) is 0 Å². The molecule has 0 aliphatic carbocycles. The second-order valence-electron chi connectivity index (χ2n) is 4.46. The van der Waals surface area contributed by atoms with E-state index >= 15 is 0 Å². The molecular formula is C14H24O5. The lowest BCUT2D eigenvalue weighted by Gasteiger charge is -2.32. The molecule has 0 saturated carbocycles. The maximum Gasteiger partial charge on any atom is 0.313 e. The van der Waals surface area contributed by atoms with Gasteiger partial charge in [0.1, 0.15) is 17.8 Å². The molecule has 0 bridgehead atoms. The molecule has 0 rings (SSSR count). The fraction of sp³-hybridized carbons (Fsp3) is 0.786. The van der Waals surface area contributed by atoms with Crippen molar-refractivity contribution in [3.63, 3.8) is 0 Å². The number of ether oxygens (including phenoxy) is 1. The van der Waals surface area contributed by atoms with Gasteiger partial charge in [0, 0.05) is 6.42 Å². The molecule has 2 atom stereocenters. The minimum absolute atomic E-state index is 0.159. The van der Waals surface area contributed by atoms with Gasteiger partial charge in [-0.2, -0.15) is 0 Å². The standard InChI is InChI=1S/C14H24O5/c1-5-10(11(15)9-13(17)19-8-4)14(18,7-3)12(16)6-2/h10,18H,5-9H2,1-4H3. The molecule has 0 amide bonds. The first kappa shape index (κ1) is 17.8. The molecule has 110 valence electrons. The molecule has 19 heavy (non-hydrogen) atoms. The van der Waals surface area contributed by atoms with Crippen molar-refractivity contribution in [3.05, 3.63) is 0 Å². The summed E-state index contributed by atoms with van der Waals surface area (Å²) in [5.41, 5.74) is -1.67. The lowest BCUT2D eigenvalue weighted by atomic mass is 9.76. The SMILES string of the molecule is CCOC(=O)CC(=O)C(CC)C(O)(CC)C(=O)CC. The monoisotopic (exact) mass is 272 g/mol. The fourth-order valence-electron chi connectivity index (χ4n) is 2.25. The lowest BCUT2D eigenvalue weighted by Crippen LogP contribution is -2.48. The number of hydrogen-bond donors (Lipinski definition) is 1. The van der Waals surface area contributed by atoms with Crippen LogP contribution >= 0.6 is 0 Å². The number of rotatable bonds is 9. The minimum atomic E-state index is -1.67. The minimum Gasteiger partial charge on any atom is -0.466 e. The number of Topliss-reactive ketones (excluding diaryl/α,β-unsaturated/α-hetero) is 2. The van der Waals surface area contributed by atoms with Crippen LogP contribution in [0.5, 0.6) is 0 Å². The van der Waals surface area contributed by atoms with E-state index < -0.39 is 29.7 Å². The van der Waals surface area contributed by atoms with Crippen LogP contribution in [0.25, 0.3) is 0 Å². The van der Waals surface area contributed by atoms with E-state index in [1.807, 2.05) is 0 Å². The molecule has 0 radical (unpaired) electrons. The zero-order chi connectivity index (χ0) is 15.1. The molecular weight excluding hydrogens is 248 g/mol. The Bertz CT molecular complexity index is 337. The first-order valence-electron chi connectivity index (χ1n) is 6.81. The van der Waals surface area contributed by atoms with Crippen molar-refractivity contribution in [1.29, 1.82) is 0 Å². The molecule has 5 nitrogen and oxygen atoms in total. The van der Waals surface area contributed by atoms with Crippen molar-refractivity contribution in [2.24, 2.45) is 5.92 Å². The molecule has 0 saturated heterocycles. The van der Waals surface area contributed by atoms with Crippen LogP contribution < -0.4 is 0 Å². The molecule has 0 aromatic rings. The zero-order valence-corrected chi connectivity index (χ0v) is 12.2. The van der Waals surface area contributed by atoms with Crippen molar-refractivity contribution in [2.45, 2.75) is 59.0 Å². The average molecular weight is 272 g/mol. The second-order valence-corrected chi connectivity index (χ2v) is 4.46. The summed E-state index contributed by atoms with van der Waals surface area (Å²) in [5.74, 6) is -2.27. The van der Waals surface area contributed by atoms with Crippen LogP contribution in [0.2, 0.25) is 0 Å². The lowest BCUT2D eigenvalue weighted by molar-refractivity contribution is -0.155. The van der Waals surface area contributed by atoms with Crippen molar-refractivity contribution >= 4 is 17.5 Å². The molecule has 0 aliphatic heterocycles. The van der Waals surface area contributed by atoms with Gasteiger partial charge >= 0.3 is 5.97 Å². The van der Waals surface area contributed by atoms with Crippen LogP contribution in [0, 0.1) is 5.92 Å². The molecule has 0 spiro atoms. The van der Waals surface area contributed by atoms with Gasteiger partial charge in [0.15, 0.2) is 5.78 Å². The third kappa shape index (κ3) is 4.42. The van der Waals surface area contributed by atoms with Gasteiger partial charge in [-0.05, 0) is 19.8 Å².